The summed E-state index contributed by atoms with van der Waals surface area (Å²) in [5.41, 5.74) is 1.16. The Morgan fingerprint density at radius 1 is 1.29 bits per heavy atom. The van der Waals surface area contributed by atoms with Gasteiger partial charge >= 0.3 is 0 Å². The first kappa shape index (κ1) is 15.1. The molecule has 1 aromatic carbocycles. The standard InChI is InChI=1S/C13H20BrClOSi/c1-13(2,3)17(4,5)16-12-7-6-10(9-14)8-11(12)15/h6-8H,9H2,1-5H3. The van der Waals surface area contributed by atoms with Gasteiger partial charge < -0.3 is 4.43 Å². The summed E-state index contributed by atoms with van der Waals surface area (Å²) in [6.07, 6.45) is 0. The van der Waals surface area contributed by atoms with Crippen molar-refractivity contribution in [1.29, 1.82) is 0 Å². The molecule has 0 atom stereocenters. The van der Waals surface area contributed by atoms with E-state index in [4.69, 9.17) is 16.0 Å². The fourth-order valence-electron chi connectivity index (χ4n) is 1.14. The van der Waals surface area contributed by atoms with Gasteiger partial charge in [-0.3, -0.25) is 0 Å². The smallest absolute Gasteiger partial charge is 0.250 e. The summed E-state index contributed by atoms with van der Waals surface area (Å²) in [5.74, 6) is 0.808. The first-order chi connectivity index (χ1) is 7.67. The van der Waals surface area contributed by atoms with Gasteiger partial charge in [0.2, 0.25) is 0 Å². The highest BCUT2D eigenvalue weighted by Crippen LogP contribution is 2.39. The number of hydrogen-bond acceptors (Lipinski definition) is 1. The second-order valence-electron chi connectivity index (χ2n) is 5.76. The normalized spacial score (nSPS) is 12.6. The molecule has 4 heteroatoms. The number of halogens is 2. The fourth-order valence-corrected chi connectivity index (χ4v) is 2.83. The van der Waals surface area contributed by atoms with Crippen LogP contribution >= 0.6 is 27.5 Å². The van der Waals surface area contributed by atoms with E-state index < -0.39 is 8.32 Å². The Labute approximate surface area is 119 Å². The van der Waals surface area contributed by atoms with Crippen molar-refractivity contribution in [1.82, 2.24) is 0 Å². The molecule has 1 aromatic rings. The second kappa shape index (κ2) is 5.33. The zero-order valence-corrected chi connectivity index (χ0v) is 14.4. The van der Waals surface area contributed by atoms with E-state index in [1.807, 2.05) is 18.2 Å². The molecule has 0 unspecified atom stereocenters. The molecular weight excluding hydrogens is 316 g/mol. The Morgan fingerprint density at radius 2 is 1.88 bits per heavy atom. The van der Waals surface area contributed by atoms with Crippen molar-refractivity contribution in [3.8, 4) is 5.75 Å². The van der Waals surface area contributed by atoms with Crippen molar-refractivity contribution in [3.63, 3.8) is 0 Å². The number of rotatable bonds is 3. The molecule has 0 aliphatic carbocycles. The van der Waals surface area contributed by atoms with Crippen LogP contribution in [-0.2, 0) is 5.33 Å². The molecule has 1 nitrogen and oxygen atoms in total. The van der Waals surface area contributed by atoms with Crippen LogP contribution in [0.25, 0.3) is 0 Å². The monoisotopic (exact) mass is 334 g/mol. The topological polar surface area (TPSA) is 9.23 Å². The maximum absolute atomic E-state index is 6.24. The van der Waals surface area contributed by atoms with Crippen LogP contribution in [0.4, 0.5) is 0 Å². The molecular formula is C13H20BrClOSi. The molecule has 0 aromatic heterocycles. The van der Waals surface area contributed by atoms with Crippen LogP contribution in [-0.4, -0.2) is 8.32 Å². The van der Waals surface area contributed by atoms with Gasteiger partial charge in [-0.2, -0.15) is 0 Å². The molecule has 0 saturated carbocycles. The van der Waals surface area contributed by atoms with Crippen LogP contribution in [0.2, 0.25) is 23.2 Å². The molecule has 0 radical (unpaired) electrons. The van der Waals surface area contributed by atoms with Gasteiger partial charge in [-0.15, -0.1) is 0 Å². The summed E-state index contributed by atoms with van der Waals surface area (Å²) in [6.45, 7) is 11.1. The molecule has 0 spiro atoms. The Morgan fingerprint density at radius 3 is 2.29 bits per heavy atom. The number of benzene rings is 1. The molecule has 0 bridgehead atoms. The first-order valence-electron chi connectivity index (χ1n) is 5.71. The molecule has 0 amide bonds. The van der Waals surface area contributed by atoms with Gasteiger partial charge in [-0.25, -0.2) is 0 Å². The highest BCUT2D eigenvalue weighted by Gasteiger charge is 2.39. The van der Waals surface area contributed by atoms with E-state index in [1.165, 1.54) is 0 Å². The fraction of sp³-hybridized carbons (Fsp3) is 0.538. The van der Waals surface area contributed by atoms with Gasteiger partial charge in [0, 0.05) is 5.33 Å². The minimum atomic E-state index is -1.80. The zero-order valence-electron chi connectivity index (χ0n) is 11.1. The zero-order chi connectivity index (χ0) is 13.3. The van der Waals surface area contributed by atoms with E-state index in [-0.39, 0.29) is 5.04 Å². The van der Waals surface area contributed by atoms with Gasteiger partial charge in [0.25, 0.3) is 8.32 Å². The van der Waals surface area contributed by atoms with Gasteiger partial charge in [-0.1, -0.05) is 54.4 Å². The van der Waals surface area contributed by atoms with Crippen LogP contribution in [0, 0.1) is 0 Å². The lowest BCUT2D eigenvalue weighted by atomic mass is 10.2. The SMILES string of the molecule is CC(C)(C)[Si](C)(C)Oc1ccc(CBr)cc1Cl. The molecule has 0 heterocycles. The van der Waals surface area contributed by atoms with E-state index in [9.17, 15) is 0 Å². The average molecular weight is 336 g/mol. The van der Waals surface area contributed by atoms with Crippen molar-refractivity contribution in [2.45, 2.75) is 44.2 Å². The van der Waals surface area contributed by atoms with Crippen LogP contribution in [0.15, 0.2) is 18.2 Å². The molecule has 96 valence electrons. The van der Waals surface area contributed by atoms with Crippen molar-refractivity contribution in [3.05, 3.63) is 28.8 Å². The minimum absolute atomic E-state index is 0.185. The lowest BCUT2D eigenvalue weighted by molar-refractivity contribution is 0.492. The van der Waals surface area contributed by atoms with E-state index in [0.717, 1.165) is 16.6 Å². The Hall–Kier alpha value is 0.00688. The minimum Gasteiger partial charge on any atom is -0.543 e. The van der Waals surface area contributed by atoms with Crippen molar-refractivity contribution < 1.29 is 4.43 Å². The molecule has 0 N–H and O–H groups in total. The molecule has 0 aliphatic rings. The van der Waals surface area contributed by atoms with Crippen molar-refractivity contribution >= 4 is 35.8 Å². The summed E-state index contributed by atoms with van der Waals surface area (Å²) in [5, 5.41) is 1.70. The summed E-state index contributed by atoms with van der Waals surface area (Å²) >= 11 is 9.66. The van der Waals surface area contributed by atoms with E-state index >= 15 is 0 Å². The number of hydrogen-bond donors (Lipinski definition) is 0. The predicted molar refractivity (Wildman–Crippen MR) is 81.9 cm³/mol. The van der Waals surface area contributed by atoms with Gasteiger partial charge in [0.1, 0.15) is 5.75 Å². The van der Waals surface area contributed by atoms with Crippen LogP contribution in [0.1, 0.15) is 26.3 Å². The lowest BCUT2D eigenvalue weighted by Crippen LogP contribution is -2.43. The largest absolute Gasteiger partial charge is 0.543 e. The molecule has 17 heavy (non-hydrogen) atoms. The summed E-state index contributed by atoms with van der Waals surface area (Å²) in [7, 11) is -1.80. The van der Waals surface area contributed by atoms with E-state index in [0.29, 0.717) is 5.02 Å². The van der Waals surface area contributed by atoms with E-state index in [2.05, 4.69) is 49.8 Å². The molecule has 0 fully saturated rings. The molecule has 0 aliphatic heterocycles. The second-order valence-corrected chi connectivity index (χ2v) is 11.5. The molecule has 0 saturated heterocycles. The molecule has 1 rings (SSSR count). The quantitative estimate of drug-likeness (QED) is 0.514. The lowest BCUT2D eigenvalue weighted by Gasteiger charge is -2.36. The van der Waals surface area contributed by atoms with Gasteiger partial charge in [0.05, 0.1) is 5.02 Å². The third kappa shape index (κ3) is 3.73. The Bertz CT molecular complexity index is 399. The highest BCUT2D eigenvalue weighted by atomic mass is 79.9. The average Bonchev–Trinajstić information content (AvgIpc) is 2.19. The summed E-state index contributed by atoms with van der Waals surface area (Å²) in [6, 6.07) is 5.97. The Balaban J connectivity index is 2.96. The van der Waals surface area contributed by atoms with Crippen molar-refractivity contribution in [2.75, 3.05) is 0 Å². The maximum Gasteiger partial charge on any atom is 0.250 e. The van der Waals surface area contributed by atoms with Gasteiger partial charge in [-0.05, 0) is 35.8 Å². The third-order valence-corrected chi connectivity index (χ3v) is 8.61. The van der Waals surface area contributed by atoms with Crippen LogP contribution in [0.3, 0.4) is 0 Å². The first-order valence-corrected chi connectivity index (χ1v) is 10.1. The summed E-state index contributed by atoms with van der Waals surface area (Å²) < 4.78 is 6.19. The number of alkyl halides is 1. The van der Waals surface area contributed by atoms with Crippen molar-refractivity contribution in [2.24, 2.45) is 0 Å². The highest BCUT2D eigenvalue weighted by molar-refractivity contribution is 9.08. The third-order valence-electron chi connectivity index (χ3n) is 3.32. The summed E-state index contributed by atoms with van der Waals surface area (Å²) in [4.78, 5) is 0. The van der Waals surface area contributed by atoms with Crippen LogP contribution in [0.5, 0.6) is 5.75 Å². The predicted octanol–water partition coefficient (Wildman–Crippen LogP) is 5.62. The maximum atomic E-state index is 6.24. The van der Waals surface area contributed by atoms with Gasteiger partial charge in [0.15, 0.2) is 0 Å². The Kier molecular flexibility index (Phi) is 4.72. The van der Waals surface area contributed by atoms with Crippen LogP contribution < -0.4 is 4.43 Å². The van der Waals surface area contributed by atoms with E-state index in [1.54, 1.807) is 0 Å².